The summed E-state index contributed by atoms with van der Waals surface area (Å²) in [6, 6.07) is 8.49. The molecule has 0 unspecified atom stereocenters. The van der Waals surface area contributed by atoms with E-state index in [0.29, 0.717) is 50.9 Å². The van der Waals surface area contributed by atoms with Crippen molar-refractivity contribution < 1.29 is 53.0 Å². The SMILES string of the molecule is CCCCC/C=C\C/C=C\CCCCCCCC(=O)O[C@@H]1C[C@H](OC)[C@@]23[C@@H]4C[C@]5(O)[C@H](OC(=O)c6ccccc6)[C@@H]4[C@](OC(=O)CCCCCCC/C=C\C/C=C\CCCCC)([C@@H](O)[C@@H]5OC)[C@H]4C[C@@H]2[C@]1(COC)CN(CC)[C@H]43. The van der Waals surface area contributed by atoms with Crippen molar-refractivity contribution in [1.82, 2.24) is 4.90 Å². The number of allylic oxidation sites excluding steroid dienone is 8. The van der Waals surface area contributed by atoms with Gasteiger partial charge in [-0.1, -0.05) is 152 Å². The number of methoxy groups -OCH3 is 3. The number of aliphatic hydroxyl groups is 2. The minimum Gasteiger partial charge on any atom is -0.462 e. The second-order valence-corrected chi connectivity index (χ2v) is 24.4. The molecule has 12 heteroatoms. The molecule has 0 radical (unpaired) electrons. The van der Waals surface area contributed by atoms with Gasteiger partial charge < -0.3 is 38.6 Å². The maximum atomic E-state index is 14.8. The lowest BCUT2D eigenvalue weighted by Crippen LogP contribution is -2.81. The Labute approximate surface area is 475 Å². The Kier molecular flexibility index (Phi) is 24.4. The van der Waals surface area contributed by atoms with Crippen molar-refractivity contribution in [2.75, 3.05) is 41.0 Å². The van der Waals surface area contributed by atoms with Crippen molar-refractivity contribution in [2.24, 2.45) is 34.5 Å². The summed E-state index contributed by atoms with van der Waals surface area (Å²) in [7, 11) is 4.90. The molecule has 12 nitrogen and oxygen atoms in total. The third-order valence-corrected chi connectivity index (χ3v) is 19.8. The zero-order valence-electron chi connectivity index (χ0n) is 49.5. The smallest absolute Gasteiger partial charge is 0.338 e. The quantitative estimate of drug-likeness (QED) is 0.0282. The minimum absolute atomic E-state index is 0.113. The average Bonchev–Trinajstić information content (AvgIpc) is 1.58. The molecule has 1 aromatic carbocycles. The molecule has 0 aromatic heterocycles. The first-order chi connectivity index (χ1) is 38.5. The van der Waals surface area contributed by atoms with E-state index in [-0.39, 0.29) is 30.8 Å². The van der Waals surface area contributed by atoms with Gasteiger partial charge in [-0.05, 0) is 120 Å². The minimum atomic E-state index is -1.85. The maximum Gasteiger partial charge on any atom is 0.338 e. The first-order valence-corrected chi connectivity index (χ1v) is 31.5. The molecule has 14 atom stereocenters. The van der Waals surface area contributed by atoms with Crippen LogP contribution in [0.25, 0.3) is 0 Å². The summed E-state index contributed by atoms with van der Waals surface area (Å²) in [5.74, 6) is -3.21. The third kappa shape index (κ3) is 13.6. The monoisotopic (exact) mass is 1100 g/mol. The molecule has 0 amide bonds. The number of hydrogen-bond donors (Lipinski definition) is 2. The van der Waals surface area contributed by atoms with E-state index in [1.807, 2.05) is 6.07 Å². The molecule has 1 aliphatic heterocycles. The Hall–Kier alpha value is -3.65. The average molecular weight is 1100 g/mol. The normalized spacial score (nSPS) is 33.4. The van der Waals surface area contributed by atoms with E-state index >= 15 is 0 Å². The molecule has 6 fully saturated rings. The Morgan fingerprint density at radius 3 is 1.73 bits per heavy atom. The van der Waals surface area contributed by atoms with Gasteiger partial charge in [0, 0.05) is 75.8 Å². The number of likely N-dealkylation sites (tertiary alicyclic amines) is 1. The van der Waals surface area contributed by atoms with Gasteiger partial charge >= 0.3 is 17.9 Å². The fraction of sp³-hybridized carbons (Fsp3) is 0.746. The molecule has 1 heterocycles. The summed E-state index contributed by atoms with van der Waals surface area (Å²) in [5.41, 5.74) is -4.54. The van der Waals surface area contributed by atoms with E-state index < -0.39 is 82.2 Å². The predicted octanol–water partition coefficient (Wildman–Crippen LogP) is 13.2. The van der Waals surface area contributed by atoms with Crippen molar-refractivity contribution >= 4 is 17.9 Å². The van der Waals surface area contributed by atoms with Gasteiger partial charge in [0.2, 0.25) is 0 Å². The molecule has 7 bridgehead atoms. The number of ether oxygens (including phenoxy) is 6. The lowest BCUT2D eigenvalue weighted by Gasteiger charge is -2.70. The van der Waals surface area contributed by atoms with Gasteiger partial charge in [0.15, 0.2) is 5.60 Å². The standard InChI is InChI=1S/C67H103NO11/c1-7-10-12-14-16-18-20-22-24-26-28-30-32-34-39-43-56(69)77-54-46-55(75-5)66-52-47-65(73)61(78-63(72)50-41-37-36-38-42-50)58(52)67(60(71)62(65)76-6,51-45-53(66)64(54,49-74-4)48-68(9-3)59(51)66)79-57(70)44-40-35-33-31-29-27-25-23-21-19-17-15-13-11-8-2/h16-19,22-25,36-38,41-42,51-55,58-62,71,73H,7-15,20-21,26-35,39-40,43-49H2,1-6H3/b18-16-,19-17-,24-22-,25-23-/t51-,52+,53+,54+,55-,58+,59+,60-,61+,62-,64+,65-,66+,67-/m0/s1. The highest BCUT2D eigenvalue weighted by atomic mass is 16.6. The molecule has 2 N–H and O–H groups in total. The number of hydrogen-bond acceptors (Lipinski definition) is 12. The van der Waals surface area contributed by atoms with Crippen LogP contribution in [-0.2, 0) is 38.0 Å². The summed E-state index contributed by atoms with van der Waals surface area (Å²) in [6.45, 7) is 8.10. The number of fused-ring (bicyclic) bond motifs is 2. The lowest BCUT2D eigenvalue weighted by molar-refractivity contribution is -0.323. The maximum absolute atomic E-state index is 14.8. The van der Waals surface area contributed by atoms with Crippen LogP contribution in [-0.4, -0.2) is 122 Å². The first-order valence-electron chi connectivity index (χ1n) is 31.5. The van der Waals surface area contributed by atoms with E-state index in [0.717, 1.165) is 89.9 Å². The van der Waals surface area contributed by atoms with Crippen LogP contribution in [0.2, 0.25) is 0 Å². The van der Waals surface area contributed by atoms with Crippen LogP contribution in [0.5, 0.6) is 0 Å². The van der Waals surface area contributed by atoms with Crippen LogP contribution >= 0.6 is 0 Å². The van der Waals surface area contributed by atoms with Crippen LogP contribution < -0.4 is 0 Å². The summed E-state index contributed by atoms with van der Waals surface area (Å²) in [6.07, 6.45) is 38.5. The van der Waals surface area contributed by atoms with Crippen molar-refractivity contribution in [2.45, 2.75) is 242 Å². The summed E-state index contributed by atoms with van der Waals surface area (Å²) >= 11 is 0. The second-order valence-electron chi connectivity index (χ2n) is 24.4. The number of carbonyl (C=O) groups excluding carboxylic acids is 3. The highest BCUT2D eigenvalue weighted by molar-refractivity contribution is 5.89. The number of carbonyl (C=O) groups is 3. The fourth-order valence-corrected chi connectivity index (χ4v) is 16.5. The molecule has 5 saturated carbocycles. The highest BCUT2D eigenvalue weighted by Gasteiger charge is 2.90. The molecule has 79 heavy (non-hydrogen) atoms. The van der Waals surface area contributed by atoms with Crippen LogP contribution in [0, 0.1) is 34.5 Å². The van der Waals surface area contributed by atoms with Crippen LogP contribution in [0.1, 0.15) is 204 Å². The second kappa shape index (κ2) is 30.6. The van der Waals surface area contributed by atoms with Gasteiger partial charge in [-0.15, -0.1) is 0 Å². The lowest BCUT2D eigenvalue weighted by atomic mass is 9.42. The summed E-state index contributed by atoms with van der Waals surface area (Å²) in [5, 5.41) is 26.5. The number of esters is 3. The van der Waals surface area contributed by atoms with Gasteiger partial charge in [0.25, 0.3) is 0 Å². The number of rotatable bonds is 37. The molecular formula is C67H103NO11. The number of benzene rings is 1. The number of nitrogens with zero attached hydrogens (tertiary/aromatic N) is 1. The molecule has 1 saturated heterocycles. The van der Waals surface area contributed by atoms with Gasteiger partial charge in [-0.2, -0.15) is 0 Å². The summed E-state index contributed by atoms with van der Waals surface area (Å²) in [4.78, 5) is 45.7. The predicted molar refractivity (Wildman–Crippen MR) is 311 cm³/mol. The van der Waals surface area contributed by atoms with E-state index in [1.165, 1.54) is 52.1 Å². The zero-order valence-corrected chi connectivity index (χ0v) is 49.5. The van der Waals surface area contributed by atoms with Crippen molar-refractivity contribution in [3.05, 3.63) is 84.5 Å². The zero-order chi connectivity index (χ0) is 56.3. The Morgan fingerprint density at radius 2 is 1.19 bits per heavy atom. The molecule has 6 aliphatic rings. The van der Waals surface area contributed by atoms with E-state index in [1.54, 1.807) is 38.5 Å². The van der Waals surface area contributed by atoms with Gasteiger partial charge in [-0.3, -0.25) is 14.5 Å². The number of aliphatic hydroxyl groups excluding tert-OH is 1. The van der Waals surface area contributed by atoms with Crippen molar-refractivity contribution in [3.8, 4) is 0 Å². The van der Waals surface area contributed by atoms with Crippen molar-refractivity contribution in [1.29, 1.82) is 0 Å². The molecule has 7 rings (SSSR count). The Balaban J connectivity index is 1.08. The van der Waals surface area contributed by atoms with E-state index in [4.69, 9.17) is 28.4 Å². The van der Waals surface area contributed by atoms with Crippen LogP contribution in [0.3, 0.4) is 0 Å². The highest BCUT2D eigenvalue weighted by Crippen LogP contribution is 2.80. The number of piperidine rings is 1. The Bertz CT molecular complexity index is 2160. The van der Waals surface area contributed by atoms with E-state index in [2.05, 4.69) is 74.3 Å². The summed E-state index contributed by atoms with van der Waals surface area (Å²) < 4.78 is 39.6. The number of unbranched alkanes of at least 4 members (excludes halogenated alkanes) is 16. The molecule has 5 aliphatic carbocycles. The molecular weight excluding hydrogens is 995 g/mol. The van der Waals surface area contributed by atoms with Crippen LogP contribution in [0.15, 0.2) is 78.9 Å². The van der Waals surface area contributed by atoms with Gasteiger partial charge in [-0.25, -0.2) is 4.79 Å². The molecule has 1 spiro atoms. The van der Waals surface area contributed by atoms with E-state index in [9.17, 15) is 24.6 Å². The molecule has 1 aromatic rings. The van der Waals surface area contributed by atoms with Crippen molar-refractivity contribution in [3.63, 3.8) is 0 Å². The van der Waals surface area contributed by atoms with Gasteiger partial charge in [0.05, 0.1) is 18.3 Å². The topological polar surface area (TPSA) is 150 Å². The fourth-order valence-electron chi connectivity index (χ4n) is 16.5. The Morgan fingerprint density at radius 1 is 0.633 bits per heavy atom. The molecule has 442 valence electrons. The van der Waals surface area contributed by atoms with Gasteiger partial charge in [0.1, 0.15) is 30.0 Å². The van der Waals surface area contributed by atoms with Crippen LogP contribution in [0.4, 0.5) is 0 Å². The third-order valence-electron chi connectivity index (χ3n) is 19.8. The first kappa shape index (κ1) is 62.9. The largest absolute Gasteiger partial charge is 0.462 e.